The zero-order chi connectivity index (χ0) is 30.7. The average molecular weight is 577 g/mol. The maximum Gasteiger partial charge on any atom is 0.407 e. The Morgan fingerprint density at radius 2 is 1.21 bits per heavy atom. The second kappa shape index (κ2) is 15.3. The molecule has 0 bridgehead atoms. The van der Waals surface area contributed by atoms with Crippen LogP contribution in [0.3, 0.4) is 0 Å². The molecule has 0 heterocycles. The number of aliphatic hydroxyl groups is 1. The highest BCUT2D eigenvalue weighted by Crippen LogP contribution is 2.29. The molecule has 0 aliphatic rings. The summed E-state index contributed by atoms with van der Waals surface area (Å²) in [7, 11) is 0. The van der Waals surface area contributed by atoms with E-state index in [0.717, 1.165) is 27.8 Å². The van der Waals surface area contributed by atoms with E-state index in [4.69, 9.17) is 4.74 Å². The molecular formula is C38H44N2O3. The van der Waals surface area contributed by atoms with Crippen LogP contribution < -0.4 is 5.32 Å². The largest absolute Gasteiger partial charge is 0.444 e. The molecule has 224 valence electrons. The lowest BCUT2D eigenvalue weighted by Crippen LogP contribution is -2.48. The van der Waals surface area contributed by atoms with Gasteiger partial charge in [-0.3, -0.25) is 4.90 Å². The molecule has 1 amide bonds. The topological polar surface area (TPSA) is 61.8 Å². The third kappa shape index (κ3) is 10.2. The minimum atomic E-state index is -0.844. The lowest BCUT2D eigenvalue weighted by atomic mass is 9.89. The fourth-order valence-corrected chi connectivity index (χ4v) is 5.39. The second-order valence-electron chi connectivity index (χ2n) is 12.0. The third-order valence-corrected chi connectivity index (χ3v) is 7.29. The molecule has 2 N–H and O–H groups in total. The Morgan fingerprint density at radius 1 is 0.767 bits per heavy atom. The van der Waals surface area contributed by atoms with Gasteiger partial charge in [-0.15, -0.1) is 0 Å². The molecule has 0 unspecified atom stereocenters. The molecule has 3 atom stereocenters. The number of rotatable bonds is 13. The summed E-state index contributed by atoms with van der Waals surface area (Å²) in [6, 6.07) is 39.8. The van der Waals surface area contributed by atoms with Gasteiger partial charge in [0.15, 0.2) is 0 Å². The van der Waals surface area contributed by atoms with Gasteiger partial charge in [0.05, 0.1) is 12.1 Å². The third-order valence-electron chi connectivity index (χ3n) is 7.29. The van der Waals surface area contributed by atoms with Crippen LogP contribution in [0.1, 0.15) is 49.4 Å². The van der Waals surface area contributed by atoms with Crippen LogP contribution in [0.15, 0.2) is 128 Å². The van der Waals surface area contributed by atoms with E-state index in [9.17, 15) is 9.90 Å². The lowest BCUT2D eigenvalue weighted by molar-refractivity contribution is 0.0405. The second-order valence-corrected chi connectivity index (χ2v) is 12.0. The highest BCUT2D eigenvalue weighted by atomic mass is 16.6. The van der Waals surface area contributed by atoms with Crippen molar-refractivity contribution in [2.75, 3.05) is 0 Å². The number of alkyl carbamates (subject to hydrolysis) is 1. The number of aliphatic hydroxyl groups excluding tert-OH is 1. The molecule has 4 rings (SSSR count). The summed E-state index contributed by atoms with van der Waals surface area (Å²) in [6.07, 6.45) is -0.475. The van der Waals surface area contributed by atoms with Crippen LogP contribution in [0.4, 0.5) is 4.79 Å². The predicted octanol–water partition coefficient (Wildman–Crippen LogP) is 7.66. The van der Waals surface area contributed by atoms with E-state index in [1.54, 1.807) is 0 Å². The molecule has 4 aromatic rings. The van der Waals surface area contributed by atoms with Gasteiger partial charge in [0.25, 0.3) is 0 Å². The van der Waals surface area contributed by atoms with Crippen molar-refractivity contribution in [2.24, 2.45) is 0 Å². The van der Waals surface area contributed by atoms with Gasteiger partial charge >= 0.3 is 6.09 Å². The van der Waals surface area contributed by atoms with Gasteiger partial charge in [-0.05, 0) is 61.4 Å². The Morgan fingerprint density at radius 3 is 1.67 bits per heavy atom. The van der Waals surface area contributed by atoms with E-state index in [1.165, 1.54) is 0 Å². The molecular weight excluding hydrogens is 532 g/mol. The van der Waals surface area contributed by atoms with Crippen molar-refractivity contribution in [2.45, 2.75) is 70.5 Å². The van der Waals surface area contributed by atoms with E-state index in [-0.39, 0.29) is 6.04 Å². The minimum absolute atomic E-state index is 0.310. The molecule has 43 heavy (non-hydrogen) atoms. The standard InChI is InChI=1S/C38H44N2O3/c1-29(33-23-15-8-16-24-33)36(40(27-31-19-11-6-12-20-31)28-32-21-13-7-14-22-32)35(41)26-34(25-30-17-9-5-10-18-30)39-37(42)43-38(2,3)4/h5-24,34-36,41H,1,25-28H2,2-4H3,(H,39,42)/t34-,35-,36-/m0/s1. The number of carbonyl (C=O) groups is 1. The smallest absolute Gasteiger partial charge is 0.407 e. The van der Waals surface area contributed by atoms with E-state index in [2.05, 4.69) is 41.1 Å². The van der Waals surface area contributed by atoms with Crippen LogP contribution in [-0.4, -0.2) is 39.9 Å². The van der Waals surface area contributed by atoms with Crippen molar-refractivity contribution >= 4 is 11.7 Å². The quantitative estimate of drug-likeness (QED) is 0.172. The van der Waals surface area contributed by atoms with Crippen LogP contribution in [0.25, 0.3) is 5.57 Å². The number of ether oxygens (including phenoxy) is 1. The van der Waals surface area contributed by atoms with Gasteiger partial charge in [-0.1, -0.05) is 128 Å². The van der Waals surface area contributed by atoms with Crippen molar-refractivity contribution in [1.82, 2.24) is 10.2 Å². The van der Waals surface area contributed by atoms with E-state index in [1.807, 2.05) is 118 Å². The molecule has 5 nitrogen and oxygen atoms in total. The summed E-state index contributed by atoms with van der Waals surface area (Å²) in [4.78, 5) is 15.2. The van der Waals surface area contributed by atoms with Crippen LogP contribution in [0, 0.1) is 0 Å². The minimum Gasteiger partial charge on any atom is -0.444 e. The molecule has 5 heteroatoms. The Hall–Kier alpha value is -4.19. The van der Waals surface area contributed by atoms with Crippen LogP contribution in [0.2, 0.25) is 0 Å². The SMILES string of the molecule is C=C(c1ccccc1)[C@@H]([C@@H](O)C[C@H](Cc1ccccc1)NC(=O)OC(C)(C)C)N(Cc1ccccc1)Cc1ccccc1. The fourth-order valence-electron chi connectivity index (χ4n) is 5.39. The van der Waals surface area contributed by atoms with Crippen LogP contribution in [-0.2, 0) is 24.2 Å². The fraction of sp³-hybridized carbons (Fsp3) is 0.289. The Kier molecular flexibility index (Phi) is 11.3. The first kappa shape index (κ1) is 31.7. The Balaban J connectivity index is 1.69. The van der Waals surface area contributed by atoms with Gasteiger partial charge in [0.2, 0.25) is 0 Å². The summed E-state index contributed by atoms with van der Waals surface area (Å²) in [6.45, 7) is 11.3. The Bertz CT molecular complexity index is 1360. The number of benzene rings is 4. The number of hydrogen-bond donors (Lipinski definition) is 2. The van der Waals surface area contributed by atoms with E-state index >= 15 is 0 Å². The van der Waals surface area contributed by atoms with Gasteiger partial charge < -0.3 is 15.2 Å². The number of nitrogens with one attached hydrogen (secondary N) is 1. The molecule has 0 aliphatic heterocycles. The highest BCUT2D eigenvalue weighted by molar-refractivity contribution is 5.69. The molecule has 0 saturated heterocycles. The lowest BCUT2D eigenvalue weighted by Gasteiger charge is -2.38. The van der Waals surface area contributed by atoms with Crippen LogP contribution >= 0.6 is 0 Å². The average Bonchev–Trinajstić information content (AvgIpc) is 2.98. The zero-order valence-corrected chi connectivity index (χ0v) is 25.5. The summed E-state index contributed by atoms with van der Waals surface area (Å²) < 4.78 is 5.61. The maximum atomic E-state index is 12.9. The first-order valence-corrected chi connectivity index (χ1v) is 15.0. The maximum absolute atomic E-state index is 12.9. The van der Waals surface area contributed by atoms with Gasteiger partial charge in [-0.2, -0.15) is 0 Å². The molecule has 0 saturated carbocycles. The Labute approximate surface area is 256 Å². The number of nitrogens with zero attached hydrogens (tertiary/aromatic N) is 1. The molecule has 0 aromatic heterocycles. The summed E-state index contributed by atoms with van der Waals surface area (Å²) in [5.74, 6) is 0. The van der Waals surface area contributed by atoms with Crippen LogP contribution in [0.5, 0.6) is 0 Å². The van der Waals surface area contributed by atoms with Crippen molar-refractivity contribution in [3.05, 3.63) is 150 Å². The molecule has 4 aromatic carbocycles. The highest BCUT2D eigenvalue weighted by Gasteiger charge is 2.32. The summed E-state index contributed by atoms with van der Waals surface area (Å²) in [5, 5.41) is 15.2. The van der Waals surface area contributed by atoms with E-state index < -0.39 is 23.8 Å². The van der Waals surface area contributed by atoms with Gasteiger partial charge in [0, 0.05) is 19.1 Å². The molecule has 0 aliphatic carbocycles. The molecule has 0 fully saturated rings. The van der Waals surface area contributed by atoms with E-state index in [0.29, 0.717) is 25.9 Å². The first-order valence-electron chi connectivity index (χ1n) is 15.0. The van der Waals surface area contributed by atoms with Crippen molar-refractivity contribution in [3.63, 3.8) is 0 Å². The summed E-state index contributed by atoms with van der Waals surface area (Å²) >= 11 is 0. The van der Waals surface area contributed by atoms with Gasteiger partial charge in [0.1, 0.15) is 5.60 Å². The monoisotopic (exact) mass is 576 g/mol. The predicted molar refractivity (Wildman–Crippen MR) is 175 cm³/mol. The zero-order valence-electron chi connectivity index (χ0n) is 25.5. The molecule has 0 spiro atoms. The van der Waals surface area contributed by atoms with Crippen molar-refractivity contribution in [3.8, 4) is 0 Å². The normalized spacial score (nSPS) is 13.6. The van der Waals surface area contributed by atoms with Crippen molar-refractivity contribution < 1.29 is 14.6 Å². The summed E-state index contributed by atoms with van der Waals surface area (Å²) in [5.41, 5.74) is 4.52. The number of carbonyl (C=O) groups excluding carboxylic acids is 1. The van der Waals surface area contributed by atoms with Crippen molar-refractivity contribution in [1.29, 1.82) is 0 Å². The first-order chi connectivity index (χ1) is 20.7. The molecule has 0 radical (unpaired) electrons. The number of hydrogen-bond acceptors (Lipinski definition) is 4. The van der Waals surface area contributed by atoms with Gasteiger partial charge in [-0.25, -0.2) is 4.79 Å². The number of amides is 1.